The van der Waals surface area contributed by atoms with Gasteiger partial charge in [0.25, 0.3) is 5.91 Å². The number of aliphatic hydroxyl groups excluding tert-OH is 1. The number of para-hydroxylation sites is 1. The van der Waals surface area contributed by atoms with Gasteiger partial charge in [0.05, 0.1) is 32.0 Å². The number of rotatable bonds is 6. The Balaban J connectivity index is 1.97. The first-order chi connectivity index (χ1) is 12.2. The molecule has 8 nitrogen and oxygen atoms in total. The monoisotopic (exact) mass is 343 g/mol. The number of amides is 1. The summed E-state index contributed by atoms with van der Waals surface area (Å²) in [5.41, 5.74) is 1.64. The number of nitrogens with zero attached hydrogens (tertiary/aromatic N) is 2. The maximum atomic E-state index is 12.6. The van der Waals surface area contributed by atoms with Gasteiger partial charge in [-0.15, -0.1) is 0 Å². The highest BCUT2D eigenvalue weighted by Crippen LogP contribution is 2.30. The number of methoxy groups -OCH3 is 1. The minimum Gasteiger partial charge on any atom is -0.466 e. The fourth-order valence-corrected chi connectivity index (χ4v) is 2.64. The maximum absolute atomic E-state index is 12.6. The molecule has 0 radical (unpaired) electrons. The molecule has 2 N–H and O–H groups in total. The summed E-state index contributed by atoms with van der Waals surface area (Å²) in [5, 5.41) is 12.1. The van der Waals surface area contributed by atoms with Crippen LogP contribution in [0, 0.1) is 0 Å². The molecule has 2 heterocycles. The first-order valence-corrected chi connectivity index (χ1v) is 7.62. The summed E-state index contributed by atoms with van der Waals surface area (Å²) in [5.74, 6) is -0.434. The van der Waals surface area contributed by atoms with E-state index >= 15 is 0 Å². The number of hydrogen-bond donors (Lipinski definition) is 2. The van der Waals surface area contributed by atoms with Gasteiger partial charge < -0.3 is 24.5 Å². The highest BCUT2D eigenvalue weighted by atomic mass is 16.5. The van der Waals surface area contributed by atoms with Crippen LogP contribution in [0.25, 0.3) is 11.3 Å². The topological polar surface area (TPSA) is 105 Å². The molecular weight excluding hydrogens is 326 g/mol. The van der Waals surface area contributed by atoms with Crippen LogP contribution in [0.15, 0.2) is 52.5 Å². The highest BCUT2D eigenvalue weighted by Gasteiger charge is 2.34. The van der Waals surface area contributed by atoms with Gasteiger partial charge in [-0.2, -0.15) is 0 Å². The molecule has 0 bridgehead atoms. The Morgan fingerprint density at radius 1 is 1.44 bits per heavy atom. The smallest absolute Gasteiger partial charge is 0.337 e. The van der Waals surface area contributed by atoms with Crippen molar-refractivity contribution in [3.05, 3.63) is 48.1 Å². The van der Waals surface area contributed by atoms with Gasteiger partial charge in [-0.05, 0) is 12.1 Å². The Bertz CT molecular complexity index is 813. The van der Waals surface area contributed by atoms with Crippen LogP contribution in [-0.2, 0) is 14.3 Å². The lowest BCUT2D eigenvalue weighted by atomic mass is 10.1. The van der Waals surface area contributed by atoms with Crippen molar-refractivity contribution in [1.82, 2.24) is 9.88 Å². The predicted molar refractivity (Wildman–Crippen MR) is 88.3 cm³/mol. The van der Waals surface area contributed by atoms with Gasteiger partial charge in [-0.1, -0.05) is 12.1 Å². The molecular formula is C17H17N3O5. The van der Waals surface area contributed by atoms with Crippen LogP contribution in [0.3, 0.4) is 0 Å². The lowest BCUT2D eigenvalue weighted by Gasteiger charge is -2.15. The largest absolute Gasteiger partial charge is 0.466 e. The zero-order valence-electron chi connectivity index (χ0n) is 13.6. The summed E-state index contributed by atoms with van der Waals surface area (Å²) >= 11 is 0. The van der Waals surface area contributed by atoms with E-state index in [1.165, 1.54) is 18.4 Å². The number of β-amino-alcohol motifs (C(OH)–C–C–N with tert-alkyl or cyclic N) is 1. The van der Waals surface area contributed by atoms with E-state index in [0.717, 1.165) is 0 Å². The van der Waals surface area contributed by atoms with Crippen molar-refractivity contribution in [1.29, 1.82) is 0 Å². The molecule has 1 aliphatic rings. The van der Waals surface area contributed by atoms with Gasteiger partial charge >= 0.3 is 5.97 Å². The van der Waals surface area contributed by atoms with Crippen molar-refractivity contribution in [2.24, 2.45) is 0 Å². The van der Waals surface area contributed by atoms with Gasteiger partial charge in [0.15, 0.2) is 12.2 Å². The van der Waals surface area contributed by atoms with Crippen molar-refractivity contribution in [3.8, 4) is 11.3 Å². The number of oxazole rings is 1. The van der Waals surface area contributed by atoms with Crippen LogP contribution in [0.1, 0.15) is 0 Å². The highest BCUT2D eigenvalue weighted by molar-refractivity contribution is 6.09. The number of hydrogen-bond acceptors (Lipinski definition) is 7. The second-order valence-corrected chi connectivity index (χ2v) is 5.33. The van der Waals surface area contributed by atoms with E-state index < -0.39 is 5.97 Å². The number of anilines is 1. The molecule has 0 spiro atoms. The Labute approximate surface area is 143 Å². The molecule has 25 heavy (non-hydrogen) atoms. The predicted octanol–water partition coefficient (Wildman–Crippen LogP) is 1.02. The van der Waals surface area contributed by atoms with Gasteiger partial charge in [-0.3, -0.25) is 4.79 Å². The summed E-state index contributed by atoms with van der Waals surface area (Å²) in [6.45, 7) is 0.0231. The first-order valence-electron chi connectivity index (χ1n) is 7.62. The van der Waals surface area contributed by atoms with E-state index in [0.29, 0.717) is 17.0 Å². The zero-order valence-corrected chi connectivity index (χ0v) is 13.6. The normalized spacial score (nSPS) is 14.2. The average molecular weight is 343 g/mol. The fourth-order valence-electron chi connectivity index (χ4n) is 2.64. The van der Waals surface area contributed by atoms with E-state index in [2.05, 4.69) is 10.3 Å². The molecule has 1 aromatic carbocycles. The van der Waals surface area contributed by atoms with Crippen molar-refractivity contribution >= 4 is 17.6 Å². The molecule has 0 atom stereocenters. The molecule has 0 saturated carbocycles. The minimum atomic E-state index is -0.589. The minimum absolute atomic E-state index is 0.0822. The summed E-state index contributed by atoms with van der Waals surface area (Å²) in [6.07, 6.45) is 2.87. The third-order valence-corrected chi connectivity index (χ3v) is 3.84. The maximum Gasteiger partial charge on any atom is 0.337 e. The number of benzene rings is 1. The SMILES string of the molecule is COC(=O)C1=C(Nc2ccccc2-c2cnco2)C(=O)N(CCO)C1. The van der Waals surface area contributed by atoms with E-state index in [-0.39, 0.29) is 36.9 Å². The molecule has 3 rings (SSSR count). The zero-order chi connectivity index (χ0) is 17.8. The van der Waals surface area contributed by atoms with Gasteiger partial charge in [0.2, 0.25) is 0 Å². The quantitative estimate of drug-likeness (QED) is 0.754. The van der Waals surface area contributed by atoms with Crippen molar-refractivity contribution in [2.75, 3.05) is 32.1 Å². The van der Waals surface area contributed by atoms with Crippen molar-refractivity contribution in [2.45, 2.75) is 0 Å². The van der Waals surface area contributed by atoms with E-state index in [1.807, 2.05) is 12.1 Å². The molecule has 2 aromatic rings. The fraction of sp³-hybridized carbons (Fsp3) is 0.235. The van der Waals surface area contributed by atoms with Crippen LogP contribution < -0.4 is 5.32 Å². The standard InChI is InChI=1S/C17H17N3O5/c1-24-17(23)12-9-20(6-7-21)16(22)15(12)19-13-5-3-2-4-11(13)14-8-18-10-25-14/h2-5,8,10,19,21H,6-7,9H2,1H3. The molecule has 8 heteroatoms. The molecule has 0 saturated heterocycles. The van der Waals surface area contributed by atoms with Gasteiger partial charge in [0.1, 0.15) is 5.70 Å². The van der Waals surface area contributed by atoms with E-state index in [1.54, 1.807) is 18.3 Å². The Morgan fingerprint density at radius 3 is 2.92 bits per heavy atom. The summed E-state index contributed by atoms with van der Waals surface area (Å²) < 4.78 is 10.1. The van der Waals surface area contributed by atoms with Crippen LogP contribution in [-0.4, -0.2) is 53.7 Å². The summed E-state index contributed by atoms with van der Waals surface area (Å²) in [4.78, 5) is 29.9. The molecule has 1 amide bonds. The molecule has 130 valence electrons. The number of ether oxygens (including phenoxy) is 1. The molecule has 0 aliphatic carbocycles. The van der Waals surface area contributed by atoms with Gasteiger partial charge in [-0.25, -0.2) is 9.78 Å². The van der Waals surface area contributed by atoms with E-state index in [4.69, 9.17) is 14.3 Å². The number of nitrogens with one attached hydrogen (secondary N) is 1. The lowest BCUT2D eigenvalue weighted by Crippen LogP contribution is -2.31. The number of aliphatic hydroxyl groups is 1. The Morgan fingerprint density at radius 2 is 2.24 bits per heavy atom. The van der Waals surface area contributed by atoms with Crippen molar-refractivity contribution < 1.29 is 23.8 Å². The second kappa shape index (κ2) is 7.18. The van der Waals surface area contributed by atoms with E-state index in [9.17, 15) is 9.59 Å². The molecule has 1 aliphatic heterocycles. The second-order valence-electron chi connectivity index (χ2n) is 5.33. The number of esters is 1. The van der Waals surface area contributed by atoms with Gasteiger partial charge in [0, 0.05) is 17.8 Å². The molecule has 0 unspecified atom stereocenters. The third-order valence-electron chi connectivity index (χ3n) is 3.84. The summed E-state index contributed by atoms with van der Waals surface area (Å²) in [6, 6.07) is 7.20. The summed E-state index contributed by atoms with van der Waals surface area (Å²) in [7, 11) is 1.26. The van der Waals surface area contributed by atoms with Crippen LogP contribution in [0.2, 0.25) is 0 Å². The van der Waals surface area contributed by atoms with Crippen LogP contribution in [0.5, 0.6) is 0 Å². The average Bonchev–Trinajstić information content (AvgIpc) is 3.26. The Hall–Kier alpha value is -3.13. The van der Waals surface area contributed by atoms with Crippen LogP contribution in [0.4, 0.5) is 5.69 Å². The third kappa shape index (κ3) is 3.24. The number of carbonyl (C=O) groups is 2. The lowest BCUT2D eigenvalue weighted by molar-refractivity contribution is -0.136. The first kappa shape index (κ1) is 16.7. The number of aromatic nitrogens is 1. The molecule has 1 aromatic heterocycles. The number of carbonyl (C=O) groups excluding carboxylic acids is 2. The van der Waals surface area contributed by atoms with Crippen molar-refractivity contribution in [3.63, 3.8) is 0 Å². The Kier molecular flexibility index (Phi) is 4.80. The van der Waals surface area contributed by atoms with Crippen LogP contribution >= 0.6 is 0 Å². The molecule has 0 fully saturated rings.